The zero-order valence-corrected chi connectivity index (χ0v) is 5.28. The molecule has 0 amide bonds. The van der Waals surface area contributed by atoms with Crippen LogP contribution in [0.15, 0.2) is 0 Å². The van der Waals surface area contributed by atoms with Gasteiger partial charge in [0.15, 0.2) is 0 Å². The van der Waals surface area contributed by atoms with E-state index in [1.54, 1.807) is 0 Å². The summed E-state index contributed by atoms with van der Waals surface area (Å²) in [6.07, 6.45) is 3.21. The van der Waals surface area contributed by atoms with Crippen LogP contribution in [0.5, 0.6) is 0 Å². The molecule has 2 radical (unpaired) electrons. The second kappa shape index (κ2) is 2.45. The molecule has 1 rings (SSSR count). The normalized spacial score (nSPS) is 33.0. The Hall–Kier alpha value is 0.147. The molecule has 1 saturated heterocycles. The largest absolute Gasteiger partial charge is 0.252 e. The fourth-order valence-electron chi connectivity index (χ4n) is 0.809. The van der Waals surface area contributed by atoms with Crippen molar-refractivity contribution >= 4 is 9.52 Å². The second-order valence-corrected chi connectivity index (χ2v) is 3.45. The first-order valence-electron chi connectivity index (χ1n) is 2.77. The molecule has 0 saturated carbocycles. The molecule has 0 aromatic rings. The van der Waals surface area contributed by atoms with Gasteiger partial charge in [-0.3, -0.25) is 4.39 Å². The number of hydrogen-bond acceptors (Lipinski definition) is 0. The van der Waals surface area contributed by atoms with E-state index in [-0.39, 0.29) is 0 Å². The maximum atomic E-state index is 12.2. The van der Waals surface area contributed by atoms with Crippen LogP contribution < -0.4 is 0 Å². The Morgan fingerprint density at radius 3 is 2.57 bits per heavy atom. The van der Waals surface area contributed by atoms with Gasteiger partial charge in [-0.25, -0.2) is 0 Å². The van der Waals surface area contributed by atoms with Crippen molar-refractivity contribution < 1.29 is 4.39 Å². The van der Waals surface area contributed by atoms with Crippen LogP contribution in [0, 0.1) is 0 Å². The van der Waals surface area contributed by atoms with E-state index in [0.29, 0.717) is 9.52 Å². The zero-order valence-electron chi connectivity index (χ0n) is 4.28. The lowest BCUT2D eigenvalue weighted by molar-refractivity contribution is 0.390. The van der Waals surface area contributed by atoms with E-state index < -0.39 is 5.79 Å². The molecule has 1 heterocycles. The zero-order chi connectivity index (χ0) is 5.11. The lowest BCUT2D eigenvalue weighted by Crippen LogP contribution is -2.14. The molecule has 0 N–H and O–H groups in total. The average molecular weight is 116 g/mol. The fraction of sp³-hybridized carbons (Fsp3) is 1.00. The minimum atomic E-state index is -0.436. The Labute approximate surface area is 45.9 Å². The summed E-state index contributed by atoms with van der Waals surface area (Å²) in [7, 11) is 0.609. The van der Waals surface area contributed by atoms with Crippen LogP contribution in [0.2, 0.25) is 6.04 Å². The molecule has 1 aliphatic rings. The predicted molar refractivity (Wildman–Crippen MR) is 29.3 cm³/mol. The van der Waals surface area contributed by atoms with E-state index in [1.165, 1.54) is 6.42 Å². The Morgan fingerprint density at radius 2 is 2.29 bits per heavy atom. The standard InChI is InChI=1S/C5H9FSi/c6-5-3-1-2-4-7-5/h5H,1-4H2. The summed E-state index contributed by atoms with van der Waals surface area (Å²) in [5.74, 6) is -0.436. The topological polar surface area (TPSA) is 0 Å². The van der Waals surface area contributed by atoms with Gasteiger partial charge in [0.25, 0.3) is 0 Å². The minimum Gasteiger partial charge on any atom is -0.252 e. The van der Waals surface area contributed by atoms with E-state index in [0.717, 1.165) is 18.9 Å². The van der Waals surface area contributed by atoms with E-state index in [1.807, 2.05) is 0 Å². The molecule has 7 heavy (non-hydrogen) atoms. The first-order valence-corrected chi connectivity index (χ1v) is 4.05. The van der Waals surface area contributed by atoms with Gasteiger partial charge in [0.1, 0.15) is 0 Å². The molecular formula is C5H9FSi. The minimum absolute atomic E-state index is 0.436. The van der Waals surface area contributed by atoms with Crippen LogP contribution in [0.3, 0.4) is 0 Å². The van der Waals surface area contributed by atoms with Crippen molar-refractivity contribution in [2.45, 2.75) is 31.1 Å². The van der Waals surface area contributed by atoms with Crippen molar-refractivity contribution in [3.63, 3.8) is 0 Å². The highest BCUT2D eigenvalue weighted by Crippen LogP contribution is 2.13. The molecule has 1 atom stereocenters. The van der Waals surface area contributed by atoms with E-state index >= 15 is 0 Å². The highest BCUT2D eigenvalue weighted by Gasteiger charge is 2.11. The second-order valence-electron chi connectivity index (χ2n) is 1.92. The Kier molecular flexibility index (Phi) is 1.85. The third kappa shape index (κ3) is 1.59. The lowest BCUT2D eigenvalue weighted by Gasteiger charge is -2.11. The van der Waals surface area contributed by atoms with Crippen LogP contribution >= 0.6 is 0 Å². The maximum Gasteiger partial charge on any atom is 0.0853 e. The van der Waals surface area contributed by atoms with Crippen molar-refractivity contribution in [1.29, 1.82) is 0 Å². The smallest absolute Gasteiger partial charge is 0.0853 e. The molecular weight excluding hydrogens is 107 g/mol. The van der Waals surface area contributed by atoms with E-state index in [2.05, 4.69) is 0 Å². The highest BCUT2D eigenvalue weighted by molar-refractivity contribution is 6.37. The number of rotatable bonds is 0. The number of hydrogen-bond donors (Lipinski definition) is 0. The summed E-state index contributed by atoms with van der Waals surface area (Å²) in [6.45, 7) is 0. The van der Waals surface area contributed by atoms with Crippen LogP contribution in [0.4, 0.5) is 4.39 Å². The molecule has 0 aromatic heterocycles. The molecule has 0 nitrogen and oxygen atoms in total. The molecule has 0 bridgehead atoms. The number of alkyl halides is 1. The van der Waals surface area contributed by atoms with Crippen molar-refractivity contribution in [1.82, 2.24) is 0 Å². The molecule has 1 fully saturated rings. The third-order valence-corrected chi connectivity index (χ3v) is 2.62. The molecule has 1 unspecified atom stereocenters. The van der Waals surface area contributed by atoms with Gasteiger partial charge in [-0.2, -0.15) is 0 Å². The number of halogens is 1. The van der Waals surface area contributed by atoms with Gasteiger partial charge in [-0.05, 0) is 6.42 Å². The molecule has 0 aromatic carbocycles. The van der Waals surface area contributed by atoms with Crippen molar-refractivity contribution in [2.75, 3.05) is 0 Å². The van der Waals surface area contributed by atoms with Gasteiger partial charge in [0.2, 0.25) is 0 Å². The summed E-state index contributed by atoms with van der Waals surface area (Å²) in [6, 6.07) is 1.14. The van der Waals surface area contributed by atoms with Crippen LogP contribution in [-0.4, -0.2) is 15.3 Å². The van der Waals surface area contributed by atoms with Crippen LogP contribution in [0.25, 0.3) is 0 Å². The monoisotopic (exact) mass is 116 g/mol. The van der Waals surface area contributed by atoms with Gasteiger partial charge in [0.05, 0.1) is 15.3 Å². The van der Waals surface area contributed by atoms with Gasteiger partial charge >= 0.3 is 0 Å². The third-order valence-electron chi connectivity index (χ3n) is 1.25. The van der Waals surface area contributed by atoms with Gasteiger partial charge in [-0.1, -0.05) is 18.9 Å². The molecule has 0 spiro atoms. The van der Waals surface area contributed by atoms with Crippen molar-refractivity contribution in [3.05, 3.63) is 0 Å². The first kappa shape index (κ1) is 5.29. The quantitative estimate of drug-likeness (QED) is 0.422. The van der Waals surface area contributed by atoms with Crippen molar-refractivity contribution in [3.8, 4) is 0 Å². The lowest BCUT2D eigenvalue weighted by atomic mass is 10.2. The summed E-state index contributed by atoms with van der Waals surface area (Å²) < 4.78 is 12.2. The predicted octanol–water partition coefficient (Wildman–Crippen LogP) is 1.59. The summed E-state index contributed by atoms with van der Waals surface area (Å²) in [4.78, 5) is 0. The highest BCUT2D eigenvalue weighted by atomic mass is 28.2. The molecule has 40 valence electrons. The molecule has 0 aliphatic carbocycles. The Balaban J connectivity index is 2.12. The Morgan fingerprint density at radius 1 is 1.43 bits per heavy atom. The van der Waals surface area contributed by atoms with E-state index in [9.17, 15) is 4.39 Å². The van der Waals surface area contributed by atoms with Crippen LogP contribution in [-0.2, 0) is 0 Å². The molecule has 1 aliphatic heterocycles. The van der Waals surface area contributed by atoms with E-state index in [4.69, 9.17) is 0 Å². The fourth-order valence-corrected chi connectivity index (χ4v) is 1.98. The van der Waals surface area contributed by atoms with Crippen LogP contribution in [0.1, 0.15) is 19.3 Å². The van der Waals surface area contributed by atoms with Gasteiger partial charge < -0.3 is 0 Å². The summed E-state index contributed by atoms with van der Waals surface area (Å²) >= 11 is 0. The molecule has 2 heteroatoms. The van der Waals surface area contributed by atoms with Crippen molar-refractivity contribution in [2.24, 2.45) is 0 Å². The maximum absolute atomic E-state index is 12.2. The van der Waals surface area contributed by atoms with Gasteiger partial charge in [-0.15, -0.1) is 0 Å². The summed E-state index contributed by atoms with van der Waals surface area (Å²) in [5, 5.41) is 0. The summed E-state index contributed by atoms with van der Waals surface area (Å²) in [5.41, 5.74) is 0. The average Bonchev–Trinajstić information content (AvgIpc) is 1.69. The van der Waals surface area contributed by atoms with Gasteiger partial charge in [0, 0.05) is 0 Å². The first-order chi connectivity index (χ1) is 3.39. The Bertz CT molecular complexity index is 50.0. The SMILES string of the molecule is FC1CCCC[Si]1.